The van der Waals surface area contributed by atoms with Crippen molar-refractivity contribution in [2.45, 2.75) is 78.5 Å². The monoisotopic (exact) mass is 220 g/mol. The van der Waals surface area contributed by atoms with Crippen LogP contribution in [0.1, 0.15) is 73.1 Å². The van der Waals surface area contributed by atoms with Crippen molar-refractivity contribution in [1.29, 1.82) is 0 Å². The maximum absolute atomic E-state index is 6.15. The third-order valence-corrected chi connectivity index (χ3v) is 2.71. The van der Waals surface area contributed by atoms with Gasteiger partial charge in [-0.15, -0.1) is 11.6 Å². The molecule has 0 aliphatic rings. The van der Waals surface area contributed by atoms with Gasteiger partial charge in [-0.2, -0.15) is 0 Å². The van der Waals surface area contributed by atoms with Gasteiger partial charge in [-0.3, -0.25) is 0 Å². The molecule has 0 amide bonds. The van der Waals surface area contributed by atoms with E-state index in [1.54, 1.807) is 0 Å². The summed E-state index contributed by atoms with van der Waals surface area (Å²) >= 11 is 6.15. The van der Waals surface area contributed by atoms with E-state index >= 15 is 0 Å². The van der Waals surface area contributed by atoms with Crippen molar-refractivity contribution < 1.29 is 0 Å². The molecule has 0 bridgehead atoms. The highest BCUT2D eigenvalue weighted by Crippen LogP contribution is 2.20. The number of halogens is 1. The standard InChI is InChI=1S/C11H23Cl.C2H6/c1-4-6-8-10(3)9-11(12)7-5-2;1-2/h10-11H,4-9H2,1-3H3;1-2H3. The first-order valence-electron chi connectivity index (χ1n) is 6.34. The normalized spacial score (nSPS) is 14.1. The number of rotatable bonds is 7. The maximum Gasteiger partial charge on any atom is 0.0338 e. The Morgan fingerprint density at radius 1 is 1.00 bits per heavy atom. The zero-order valence-corrected chi connectivity index (χ0v) is 11.5. The van der Waals surface area contributed by atoms with Gasteiger partial charge < -0.3 is 0 Å². The Morgan fingerprint density at radius 3 is 2.00 bits per heavy atom. The fourth-order valence-electron chi connectivity index (χ4n) is 1.54. The molecule has 88 valence electrons. The van der Waals surface area contributed by atoms with Gasteiger partial charge in [0.2, 0.25) is 0 Å². The molecule has 0 N–H and O–H groups in total. The predicted molar refractivity (Wildman–Crippen MR) is 69.2 cm³/mol. The van der Waals surface area contributed by atoms with E-state index in [0.717, 1.165) is 5.92 Å². The second kappa shape index (κ2) is 13.3. The SMILES string of the molecule is CC.CCCCC(C)CC(Cl)CCC. The molecule has 0 heterocycles. The van der Waals surface area contributed by atoms with Crippen LogP contribution in [0.5, 0.6) is 0 Å². The highest BCUT2D eigenvalue weighted by atomic mass is 35.5. The van der Waals surface area contributed by atoms with Crippen molar-refractivity contribution >= 4 is 11.6 Å². The van der Waals surface area contributed by atoms with Crippen LogP contribution in [0.25, 0.3) is 0 Å². The Bertz CT molecular complexity index is 91.2. The van der Waals surface area contributed by atoms with Crippen LogP contribution in [0.4, 0.5) is 0 Å². The summed E-state index contributed by atoms with van der Waals surface area (Å²) in [5, 5.41) is 0.418. The Balaban J connectivity index is 0. The molecule has 1 heteroatoms. The second-order valence-electron chi connectivity index (χ2n) is 3.87. The molecule has 0 saturated carbocycles. The molecule has 0 saturated heterocycles. The minimum Gasteiger partial charge on any atom is -0.123 e. The lowest BCUT2D eigenvalue weighted by atomic mass is 9.97. The number of hydrogen-bond donors (Lipinski definition) is 0. The van der Waals surface area contributed by atoms with Crippen LogP contribution in [0.15, 0.2) is 0 Å². The molecule has 2 atom stereocenters. The van der Waals surface area contributed by atoms with Gasteiger partial charge in [0, 0.05) is 5.38 Å². The summed E-state index contributed by atoms with van der Waals surface area (Å²) in [5.41, 5.74) is 0. The van der Waals surface area contributed by atoms with E-state index < -0.39 is 0 Å². The lowest BCUT2D eigenvalue weighted by molar-refractivity contribution is 0.452. The van der Waals surface area contributed by atoms with Crippen LogP contribution >= 0.6 is 11.6 Å². The predicted octanol–water partition coefficient (Wildman–Crippen LogP) is 5.64. The minimum atomic E-state index is 0.418. The fourth-order valence-corrected chi connectivity index (χ4v) is 2.06. The van der Waals surface area contributed by atoms with Gasteiger partial charge >= 0.3 is 0 Å². The van der Waals surface area contributed by atoms with E-state index in [9.17, 15) is 0 Å². The molecule has 0 radical (unpaired) electrons. The van der Waals surface area contributed by atoms with E-state index in [4.69, 9.17) is 11.6 Å². The van der Waals surface area contributed by atoms with E-state index in [1.807, 2.05) is 13.8 Å². The second-order valence-corrected chi connectivity index (χ2v) is 4.49. The smallest absolute Gasteiger partial charge is 0.0338 e. The summed E-state index contributed by atoms with van der Waals surface area (Å²) in [6.07, 6.45) is 7.62. The molecule has 0 aromatic heterocycles. The fraction of sp³-hybridized carbons (Fsp3) is 1.00. The van der Waals surface area contributed by atoms with Gasteiger partial charge in [0.1, 0.15) is 0 Å². The third kappa shape index (κ3) is 12.3. The molecule has 0 spiro atoms. The molecule has 0 fully saturated rings. The zero-order chi connectivity index (χ0) is 11.4. The van der Waals surface area contributed by atoms with E-state index in [-0.39, 0.29) is 0 Å². The van der Waals surface area contributed by atoms with Crippen LogP contribution in [0, 0.1) is 5.92 Å². The first-order valence-corrected chi connectivity index (χ1v) is 6.78. The van der Waals surface area contributed by atoms with Crippen LogP contribution in [-0.2, 0) is 0 Å². The average Bonchev–Trinajstić information content (AvgIpc) is 2.18. The lowest BCUT2D eigenvalue weighted by Gasteiger charge is -2.14. The van der Waals surface area contributed by atoms with Crippen molar-refractivity contribution in [2.24, 2.45) is 5.92 Å². The molecule has 14 heavy (non-hydrogen) atoms. The van der Waals surface area contributed by atoms with E-state index in [1.165, 1.54) is 38.5 Å². The largest absolute Gasteiger partial charge is 0.123 e. The van der Waals surface area contributed by atoms with Crippen molar-refractivity contribution in [2.75, 3.05) is 0 Å². The highest BCUT2D eigenvalue weighted by Gasteiger charge is 2.08. The number of hydrogen-bond acceptors (Lipinski definition) is 0. The van der Waals surface area contributed by atoms with Crippen molar-refractivity contribution in [1.82, 2.24) is 0 Å². The van der Waals surface area contributed by atoms with Crippen molar-refractivity contribution in [3.8, 4) is 0 Å². The summed E-state index contributed by atoms with van der Waals surface area (Å²) in [5.74, 6) is 0.819. The van der Waals surface area contributed by atoms with Gasteiger partial charge in [0.05, 0.1) is 0 Å². The topological polar surface area (TPSA) is 0 Å². The van der Waals surface area contributed by atoms with Crippen LogP contribution in [0.3, 0.4) is 0 Å². The molecular weight excluding hydrogens is 192 g/mol. The third-order valence-electron chi connectivity index (χ3n) is 2.31. The molecule has 0 aromatic carbocycles. The van der Waals surface area contributed by atoms with Gasteiger partial charge in [-0.05, 0) is 18.8 Å². The lowest BCUT2D eigenvalue weighted by Crippen LogP contribution is -2.05. The summed E-state index contributed by atoms with van der Waals surface area (Å²) in [7, 11) is 0. The van der Waals surface area contributed by atoms with Crippen LogP contribution < -0.4 is 0 Å². The molecule has 0 nitrogen and oxygen atoms in total. The van der Waals surface area contributed by atoms with E-state index in [0.29, 0.717) is 5.38 Å². The molecular formula is C13H29Cl. The van der Waals surface area contributed by atoms with Gasteiger partial charge in [-0.25, -0.2) is 0 Å². The Hall–Kier alpha value is 0.290. The summed E-state index contributed by atoms with van der Waals surface area (Å²) in [6.45, 7) is 10.8. The number of alkyl halides is 1. The Labute approximate surface area is 96.4 Å². The number of unbranched alkanes of at least 4 members (excludes halogenated alkanes) is 1. The first kappa shape index (κ1) is 16.7. The summed E-state index contributed by atoms with van der Waals surface area (Å²) in [4.78, 5) is 0. The molecule has 2 unspecified atom stereocenters. The Morgan fingerprint density at radius 2 is 1.57 bits per heavy atom. The Kier molecular flexibility index (Phi) is 15.9. The van der Waals surface area contributed by atoms with Crippen molar-refractivity contribution in [3.05, 3.63) is 0 Å². The zero-order valence-electron chi connectivity index (χ0n) is 10.8. The van der Waals surface area contributed by atoms with Gasteiger partial charge in [0.15, 0.2) is 0 Å². The molecule has 0 aliphatic heterocycles. The molecule has 0 rings (SSSR count). The van der Waals surface area contributed by atoms with Gasteiger partial charge in [-0.1, -0.05) is 60.3 Å². The first-order chi connectivity index (χ1) is 6.70. The highest BCUT2D eigenvalue weighted by molar-refractivity contribution is 6.20. The van der Waals surface area contributed by atoms with Crippen LogP contribution in [-0.4, -0.2) is 5.38 Å². The quantitative estimate of drug-likeness (QED) is 0.488. The average molecular weight is 221 g/mol. The molecule has 0 aromatic rings. The maximum atomic E-state index is 6.15. The van der Waals surface area contributed by atoms with Crippen molar-refractivity contribution in [3.63, 3.8) is 0 Å². The van der Waals surface area contributed by atoms with E-state index in [2.05, 4.69) is 20.8 Å². The van der Waals surface area contributed by atoms with Crippen LogP contribution in [0.2, 0.25) is 0 Å². The van der Waals surface area contributed by atoms with Gasteiger partial charge in [0.25, 0.3) is 0 Å². The minimum absolute atomic E-state index is 0.418. The summed E-state index contributed by atoms with van der Waals surface area (Å²) in [6, 6.07) is 0. The summed E-state index contributed by atoms with van der Waals surface area (Å²) < 4.78 is 0. The molecule has 0 aliphatic carbocycles.